The maximum atomic E-state index is 12.1. The van der Waals surface area contributed by atoms with E-state index in [-0.39, 0.29) is 10.6 Å². The molecule has 1 amide bonds. The Labute approximate surface area is 133 Å². The van der Waals surface area contributed by atoms with Gasteiger partial charge in [0.05, 0.1) is 10.6 Å². The van der Waals surface area contributed by atoms with Crippen LogP contribution in [-0.4, -0.2) is 37.7 Å². The first-order valence-electron chi connectivity index (χ1n) is 6.71. The Morgan fingerprint density at radius 3 is 2.91 bits per heavy atom. The van der Waals surface area contributed by atoms with Crippen LogP contribution >= 0.6 is 11.6 Å². The number of carbonyl (C=O) groups is 2. The minimum absolute atomic E-state index is 0.192. The smallest absolute Gasteiger partial charge is 0.339 e. The summed E-state index contributed by atoms with van der Waals surface area (Å²) in [6, 6.07) is 2.91. The van der Waals surface area contributed by atoms with E-state index in [1.807, 2.05) is 0 Å². The maximum absolute atomic E-state index is 12.1. The number of halogens is 1. The largest absolute Gasteiger partial charge is 0.486 e. The second kappa shape index (κ2) is 7.17. The van der Waals surface area contributed by atoms with Gasteiger partial charge in [-0.1, -0.05) is 17.7 Å². The van der Waals surface area contributed by atoms with E-state index in [2.05, 4.69) is 11.9 Å². The first kappa shape index (κ1) is 16.2. The molecule has 0 unspecified atom stereocenters. The highest BCUT2D eigenvalue weighted by Crippen LogP contribution is 2.38. The molecule has 22 heavy (non-hydrogen) atoms. The van der Waals surface area contributed by atoms with Crippen molar-refractivity contribution in [2.24, 2.45) is 0 Å². The average Bonchev–Trinajstić information content (AvgIpc) is 2.52. The van der Waals surface area contributed by atoms with Crippen molar-refractivity contribution in [2.45, 2.75) is 13.0 Å². The second-order valence-corrected chi connectivity index (χ2v) is 4.97. The van der Waals surface area contributed by atoms with Crippen molar-refractivity contribution in [3.05, 3.63) is 35.4 Å². The Balaban J connectivity index is 2.08. The van der Waals surface area contributed by atoms with E-state index < -0.39 is 18.0 Å². The highest BCUT2D eigenvalue weighted by atomic mass is 35.5. The van der Waals surface area contributed by atoms with E-state index in [0.717, 1.165) is 0 Å². The molecule has 0 saturated carbocycles. The van der Waals surface area contributed by atoms with Crippen molar-refractivity contribution in [3.8, 4) is 11.5 Å². The first-order chi connectivity index (χ1) is 10.5. The minimum atomic E-state index is -0.931. The lowest BCUT2D eigenvalue weighted by molar-refractivity contribution is -0.128. The summed E-state index contributed by atoms with van der Waals surface area (Å²) in [6.07, 6.45) is 0.604. The molecule has 0 spiro atoms. The fraction of sp³-hybridized carbons (Fsp3) is 0.333. The lowest BCUT2D eigenvalue weighted by Crippen LogP contribution is -2.35. The molecule has 1 heterocycles. The summed E-state index contributed by atoms with van der Waals surface area (Å²) >= 11 is 6.06. The Morgan fingerprint density at radius 1 is 1.45 bits per heavy atom. The summed E-state index contributed by atoms with van der Waals surface area (Å²) in [5, 5.41) is 2.80. The quantitative estimate of drug-likeness (QED) is 0.661. The van der Waals surface area contributed by atoms with Crippen LogP contribution in [0.2, 0.25) is 5.02 Å². The van der Waals surface area contributed by atoms with Gasteiger partial charge in [0, 0.05) is 6.54 Å². The molecule has 1 atom stereocenters. The molecule has 0 aromatic heterocycles. The van der Waals surface area contributed by atoms with E-state index in [1.165, 1.54) is 25.1 Å². The lowest BCUT2D eigenvalue weighted by Gasteiger charge is -2.20. The van der Waals surface area contributed by atoms with Gasteiger partial charge in [-0.2, -0.15) is 0 Å². The molecule has 1 aromatic rings. The zero-order chi connectivity index (χ0) is 16.1. The molecule has 0 aliphatic carbocycles. The monoisotopic (exact) mass is 325 g/mol. The zero-order valence-electron chi connectivity index (χ0n) is 12.1. The predicted molar refractivity (Wildman–Crippen MR) is 80.5 cm³/mol. The topological polar surface area (TPSA) is 73.9 Å². The van der Waals surface area contributed by atoms with Gasteiger partial charge in [0.2, 0.25) is 0 Å². The Kier molecular flexibility index (Phi) is 5.27. The van der Waals surface area contributed by atoms with Gasteiger partial charge in [-0.15, -0.1) is 6.58 Å². The summed E-state index contributed by atoms with van der Waals surface area (Å²) in [6.45, 7) is 6.05. The van der Waals surface area contributed by atoms with E-state index >= 15 is 0 Å². The van der Waals surface area contributed by atoms with Gasteiger partial charge in [0.15, 0.2) is 17.6 Å². The fourth-order valence-electron chi connectivity index (χ4n) is 1.83. The molecular weight excluding hydrogens is 310 g/mol. The van der Waals surface area contributed by atoms with Crippen LogP contribution in [0.15, 0.2) is 24.8 Å². The molecule has 2 rings (SSSR count). The molecule has 1 aliphatic rings. The number of hydrogen-bond acceptors (Lipinski definition) is 5. The van der Waals surface area contributed by atoms with Gasteiger partial charge < -0.3 is 19.5 Å². The molecular formula is C15H16ClNO5. The SMILES string of the molecule is C=CCNC(=O)[C@H](C)OC(=O)c1cc(Cl)c2c(c1)OCCO2. The van der Waals surface area contributed by atoms with Crippen LogP contribution in [0.3, 0.4) is 0 Å². The first-order valence-corrected chi connectivity index (χ1v) is 7.09. The molecule has 7 heteroatoms. The summed E-state index contributed by atoms with van der Waals surface area (Å²) in [5.74, 6) is -0.285. The number of nitrogens with one attached hydrogen (secondary N) is 1. The number of amides is 1. The fourth-order valence-corrected chi connectivity index (χ4v) is 2.09. The molecule has 118 valence electrons. The van der Waals surface area contributed by atoms with Crippen LogP contribution in [0.5, 0.6) is 11.5 Å². The van der Waals surface area contributed by atoms with Crippen LogP contribution in [0.25, 0.3) is 0 Å². The molecule has 0 saturated heterocycles. The lowest BCUT2D eigenvalue weighted by atomic mass is 10.2. The Morgan fingerprint density at radius 2 is 2.18 bits per heavy atom. The molecule has 1 aromatic carbocycles. The van der Waals surface area contributed by atoms with Crippen LogP contribution in [-0.2, 0) is 9.53 Å². The Hall–Kier alpha value is -2.21. The van der Waals surface area contributed by atoms with Gasteiger partial charge in [-0.25, -0.2) is 4.79 Å². The van der Waals surface area contributed by atoms with Crippen molar-refractivity contribution >= 4 is 23.5 Å². The van der Waals surface area contributed by atoms with Gasteiger partial charge in [0.25, 0.3) is 5.91 Å². The van der Waals surface area contributed by atoms with Crippen LogP contribution < -0.4 is 14.8 Å². The summed E-state index contributed by atoms with van der Waals surface area (Å²) in [4.78, 5) is 23.8. The highest BCUT2D eigenvalue weighted by molar-refractivity contribution is 6.32. The number of ether oxygens (including phenoxy) is 3. The van der Waals surface area contributed by atoms with E-state index in [4.69, 9.17) is 25.8 Å². The number of rotatable bonds is 5. The van der Waals surface area contributed by atoms with Gasteiger partial charge in [-0.05, 0) is 19.1 Å². The van der Waals surface area contributed by atoms with Crippen LogP contribution in [0.1, 0.15) is 17.3 Å². The van der Waals surface area contributed by atoms with Gasteiger partial charge >= 0.3 is 5.97 Å². The van der Waals surface area contributed by atoms with E-state index in [0.29, 0.717) is 31.3 Å². The Bertz CT molecular complexity index is 602. The number of benzene rings is 1. The minimum Gasteiger partial charge on any atom is -0.486 e. The third kappa shape index (κ3) is 3.71. The predicted octanol–water partition coefficient (Wildman–Crippen LogP) is 1.96. The maximum Gasteiger partial charge on any atom is 0.339 e. The van der Waals surface area contributed by atoms with Crippen molar-refractivity contribution < 1.29 is 23.8 Å². The standard InChI is InChI=1S/C15H16ClNO5/c1-3-4-17-14(18)9(2)22-15(19)10-7-11(16)13-12(8-10)20-5-6-21-13/h3,7-9H,1,4-6H2,2H3,(H,17,18)/t9-/m0/s1. The van der Waals surface area contributed by atoms with Crippen molar-refractivity contribution in [3.63, 3.8) is 0 Å². The highest BCUT2D eigenvalue weighted by Gasteiger charge is 2.23. The third-order valence-corrected chi connectivity index (χ3v) is 3.19. The van der Waals surface area contributed by atoms with E-state index in [1.54, 1.807) is 0 Å². The van der Waals surface area contributed by atoms with Crippen molar-refractivity contribution in [1.29, 1.82) is 0 Å². The number of carbonyl (C=O) groups excluding carboxylic acids is 2. The molecule has 6 nitrogen and oxygen atoms in total. The molecule has 1 N–H and O–H groups in total. The second-order valence-electron chi connectivity index (χ2n) is 4.56. The summed E-state index contributed by atoms with van der Waals surface area (Å²) in [7, 11) is 0. The van der Waals surface area contributed by atoms with Crippen LogP contribution in [0, 0.1) is 0 Å². The normalized spacial score (nSPS) is 13.9. The van der Waals surface area contributed by atoms with Crippen molar-refractivity contribution in [1.82, 2.24) is 5.32 Å². The number of fused-ring (bicyclic) bond motifs is 1. The zero-order valence-corrected chi connectivity index (χ0v) is 12.8. The molecule has 0 fully saturated rings. The van der Waals surface area contributed by atoms with Crippen LogP contribution in [0.4, 0.5) is 0 Å². The number of hydrogen-bond donors (Lipinski definition) is 1. The van der Waals surface area contributed by atoms with Gasteiger partial charge in [-0.3, -0.25) is 4.79 Å². The van der Waals surface area contributed by atoms with E-state index in [9.17, 15) is 9.59 Å². The van der Waals surface area contributed by atoms with Crippen molar-refractivity contribution in [2.75, 3.05) is 19.8 Å². The molecule has 1 aliphatic heterocycles. The summed E-state index contributed by atoms with van der Waals surface area (Å²) in [5.41, 5.74) is 0.192. The third-order valence-electron chi connectivity index (χ3n) is 2.91. The average molecular weight is 326 g/mol. The van der Waals surface area contributed by atoms with Gasteiger partial charge in [0.1, 0.15) is 13.2 Å². The molecule has 0 radical (unpaired) electrons. The number of esters is 1. The molecule has 0 bridgehead atoms. The summed E-state index contributed by atoms with van der Waals surface area (Å²) < 4.78 is 15.9.